The maximum absolute atomic E-state index is 12.2. The molecule has 2 saturated heterocycles. The molecule has 0 aliphatic carbocycles. The highest BCUT2D eigenvalue weighted by molar-refractivity contribution is 9.10. The number of hydrogen-bond acceptors (Lipinski definition) is 3. The molecule has 0 radical (unpaired) electrons. The van der Waals surface area contributed by atoms with Crippen molar-refractivity contribution in [1.82, 2.24) is 4.90 Å². The number of fused-ring (bicyclic) bond motifs is 1. The molecule has 1 aromatic carbocycles. The van der Waals surface area contributed by atoms with Crippen LogP contribution in [-0.2, 0) is 4.74 Å². The quantitative estimate of drug-likeness (QED) is 0.774. The van der Waals surface area contributed by atoms with Crippen LogP contribution < -0.4 is 0 Å². The van der Waals surface area contributed by atoms with E-state index in [0.29, 0.717) is 24.1 Å². The number of rotatable bonds is 3. The second-order valence-corrected chi connectivity index (χ2v) is 6.93. The maximum atomic E-state index is 12.2. The number of ether oxygens (including phenoxy) is 1. The molecule has 3 rings (SSSR count). The lowest BCUT2D eigenvalue weighted by molar-refractivity contribution is 0.00733. The van der Waals surface area contributed by atoms with Gasteiger partial charge in [0.25, 0.3) is 0 Å². The number of hydrogen-bond donors (Lipinski definition) is 0. The van der Waals surface area contributed by atoms with Crippen LogP contribution in [0.5, 0.6) is 0 Å². The van der Waals surface area contributed by atoms with E-state index < -0.39 is 0 Å². The fraction of sp³-hybridized carbons (Fsp3) is 0.588. The maximum Gasteiger partial charge on any atom is 0.339 e. The first-order chi connectivity index (χ1) is 10.3. The van der Waals surface area contributed by atoms with E-state index in [9.17, 15) is 4.79 Å². The van der Waals surface area contributed by atoms with E-state index in [1.165, 1.54) is 45.2 Å². The summed E-state index contributed by atoms with van der Waals surface area (Å²) >= 11 is 3.41. The summed E-state index contributed by atoms with van der Waals surface area (Å²) < 4.78 is 6.41. The lowest BCUT2D eigenvalue weighted by Gasteiger charge is -2.44. The molecule has 4 heteroatoms. The van der Waals surface area contributed by atoms with Crippen molar-refractivity contribution in [3.8, 4) is 0 Å². The van der Waals surface area contributed by atoms with Crippen molar-refractivity contribution >= 4 is 21.9 Å². The van der Waals surface area contributed by atoms with Gasteiger partial charge in [0.05, 0.1) is 12.2 Å². The number of benzene rings is 1. The van der Waals surface area contributed by atoms with E-state index in [1.807, 2.05) is 18.2 Å². The van der Waals surface area contributed by atoms with Gasteiger partial charge in [0.2, 0.25) is 0 Å². The lowest BCUT2D eigenvalue weighted by Crippen LogP contribution is -2.49. The molecule has 2 atom stereocenters. The van der Waals surface area contributed by atoms with Gasteiger partial charge in [-0.2, -0.15) is 0 Å². The molecule has 0 N–H and O–H groups in total. The Labute approximate surface area is 134 Å². The Balaban J connectivity index is 1.59. The highest BCUT2D eigenvalue weighted by atomic mass is 79.9. The van der Waals surface area contributed by atoms with E-state index in [2.05, 4.69) is 20.8 Å². The predicted molar refractivity (Wildman–Crippen MR) is 86.4 cm³/mol. The third-order valence-electron chi connectivity index (χ3n) is 4.75. The molecule has 2 heterocycles. The van der Waals surface area contributed by atoms with E-state index in [4.69, 9.17) is 4.74 Å². The average molecular weight is 352 g/mol. The zero-order valence-corrected chi connectivity index (χ0v) is 13.8. The first-order valence-corrected chi connectivity index (χ1v) is 8.70. The molecular formula is C17H22BrNO2. The average Bonchev–Trinajstić information content (AvgIpc) is 2.53. The highest BCUT2D eigenvalue weighted by Gasteiger charge is 2.33. The van der Waals surface area contributed by atoms with Crippen molar-refractivity contribution in [3.05, 3.63) is 34.3 Å². The van der Waals surface area contributed by atoms with Crippen molar-refractivity contribution in [3.63, 3.8) is 0 Å². The fourth-order valence-corrected chi connectivity index (χ4v) is 4.11. The van der Waals surface area contributed by atoms with E-state index >= 15 is 0 Å². The molecule has 2 fully saturated rings. The van der Waals surface area contributed by atoms with Crippen LogP contribution in [0.25, 0.3) is 0 Å². The molecule has 1 aromatic rings. The van der Waals surface area contributed by atoms with Crippen LogP contribution >= 0.6 is 15.9 Å². The topological polar surface area (TPSA) is 29.5 Å². The number of carbonyl (C=O) groups is 1. The van der Waals surface area contributed by atoms with Gasteiger partial charge in [0.1, 0.15) is 0 Å². The van der Waals surface area contributed by atoms with E-state index in [0.717, 1.165) is 4.47 Å². The normalized spacial score (nSPS) is 26.1. The first kappa shape index (κ1) is 15.0. The largest absolute Gasteiger partial charge is 0.462 e. The second-order valence-electron chi connectivity index (χ2n) is 6.08. The van der Waals surface area contributed by atoms with Crippen LogP contribution in [-0.4, -0.2) is 36.6 Å². The Morgan fingerprint density at radius 1 is 1.19 bits per heavy atom. The van der Waals surface area contributed by atoms with Gasteiger partial charge in [-0.15, -0.1) is 0 Å². The van der Waals surface area contributed by atoms with Crippen LogP contribution in [0.3, 0.4) is 0 Å². The molecule has 21 heavy (non-hydrogen) atoms. The third kappa shape index (κ3) is 3.49. The van der Waals surface area contributed by atoms with Gasteiger partial charge in [0.15, 0.2) is 0 Å². The minimum Gasteiger partial charge on any atom is -0.462 e. The number of halogens is 1. The zero-order chi connectivity index (χ0) is 14.7. The number of piperidine rings is 2. The van der Waals surface area contributed by atoms with Crippen molar-refractivity contribution in [2.24, 2.45) is 5.92 Å². The molecule has 0 amide bonds. The number of nitrogens with zero attached hydrogens (tertiary/aromatic N) is 1. The van der Waals surface area contributed by atoms with Gasteiger partial charge < -0.3 is 4.74 Å². The number of carbonyl (C=O) groups excluding carboxylic acids is 1. The zero-order valence-electron chi connectivity index (χ0n) is 12.3. The standard InChI is InChI=1S/C17H22BrNO2/c18-15-8-2-1-7-14(15)17(20)21-12-13-6-5-11-19-10-4-3-9-16(13)19/h1-2,7-8,13,16H,3-6,9-12H2. The van der Waals surface area contributed by atoms with Gasteiger partial charge >= 0.3 is 5.97 Å². The third-order valence-corrected chi connectivity index (χ3v) is 5.44. The molecular weight excluding hydrogens is 330 g/mol. The van der Waals surface area contributed by atoms with Gasteiger partial charge in [0, 0.05) is 16.4 Å². The van der Waals surface area contributed by atoms with E-state index in [1.54, 1.807) is 6.07 Å². The minimum absolute atomic E-state index is 0.213. The summed E-state index contributed by atoms with van der Waals surface area (Å²) in [7, 11) is 0. The summed E-state index contributed by atoms with van der Waals surface area (Å²) in [6.07, 6.45) is 6.31. The molecule has 0 aromatic heterocycles. The fourth-order valence-electron chi connectivity index (χ4n) is 3.66. The Hall–Kier alpha value is -0.870. The Bertz CT molecular complexity index is 503. The molecule has 0 bridgehead atoms. The SMILES string of the molecule is O=C(OCC1CCCN2CCCCC12)c1ccccc1Br. The Morgan fingerprint density at radius 2 is 2.00 bits per heavy atom. The van der Waals surface area contributed by atoms with Crippen LogP contribution in [0.1, 0.15) is 42.5 Å². The summed E-state index contributed by atoms with van der Waals surface area (Å²) in [5, 5.41) is 0. The molecule has 0 spiro atoms. The number of esters is 1. The molecule has 3 nitrogen and oxygen atoms in total. The van der Waals surface area contributed by atoms with Crippen molar-refractivity contribution in [1.29, 1.82) is 0 Å². The molecule has 2 unspecified atom stereocenters. The van der Waals surface area contributed by atoms with E-state index in [-0.39, 0.29) is 5.97 Å². The van der Waals surface area contributed by atoms with Gasteiger partial charge in [-0.25, -0.2) is 4.79 Å². The van der Waals surface area contributed by atoms with Gasteiger partial charge in [-0.1, -0.05) is 18.6 Å². The summed E-state index contributed by atoms with van der Waals surface area (Å²) in [6, 6.07) is 8.08. The summed E-state index contributed by atoms with van der Waals surface area (Å²) in [6.45, 7) is 3.00. The van der Waals surface area contributed by atoms with Crippen molar-refractivity contribution in [2.45, 2.75) is 38.1 Å². The smallest absolute Gasteiger partial charge is 0.339 e. The van der Waals surface area contributed by atoms with Gasteiger partial charge in [-0.05, 0) is 66.8 Å². The molecule has 114 valence electrons. The monoisotopic (exact) mass is 351 g/mol. The van der Waals surface area contributed by atoms with Crippen LogP contribution in [0, 0.1) is 5.92 Å². The Kier molecular flexibility index (Phi) is 4.96. The second kappa shape index (κ2) is 6.93. The summed E-state index contributed by atoms with van der Waals surface area (Å²) in [5.74, 6) is 0.292. The predicted octanol–water partition coefficient (Wildman–Crippen LogP) is 3.87. The Morgan fingerprint density at radius 3 is 2.86 bits per heavy atom. The summed E-state index contributed by atoms with van der Waals surface area (Å²) in [4.78, 5) is 14.8. The molecule has 0 saturated carbocycles. The molecule has 2 aliphatic heterocycles. The minimum atomic E-state index is -0.213. The molecule has 2 aliphatic rings. The highest BCUT2D eigenvalue weighted by Crippen LogP contribution is 2.31. The van der Waals surface area contributed by atoms with Crippen LogP contribution in [0.15, 0.2) is 28.7 Å². The van der Waals surface area contributed by atoms with Gasteiger partial charge in [-0.3, -0.25) is 4.90 Å². The van der Waals surface area contributed by atoms with Crippen LogP contribution in [0.4, 0.5) is 0 Å². The van der Waals surface area contributed by atoms with Crippen molar-refractivity contribution < 1.29 is 9.53 Å². The van der Waals surface area contributed by atoms with Crippen LogP contribution in [0.2, 0.25) is 0 Å². The first-order valence-electron chi connectivity index (χ1n) is 7.91. The summed E-state index contributed by atoms with van der Waals surface area (Å²) in [5.41, 5.74) is 0.619. The van der Waals surface area contributed by atoms with Crippen molar-refractivity contribution in [2.75, 3.05) is 19.7 Å². The lowest BCUT2D eigenvalue weighted by atomic mass is 9.84.